The molecule has 0 amide bonds. The third-order valence-corrected chi connectivity index (χ3v) is 3.82. The van der Waals surface area contributed by atoms with Gasteiger partial charge in [0.15, 0.2) is 0 Å². The third-order valence-electron chi connectivity index (χ3n) is 3.82. The van der Waals surface area contributed by atoms with Crippen molar-refractivity contribution in [3.8, 4) is 0 Å². The van der Waals surface area contributed by atoms with Gasteiger partial charge < -0.3 is 9.47 Å². The van der Waals surface area contributed by atoms with E-state index in [2.05, 4.69) is 13.0 Å². The van der Waals surface area contributed by atoms with Gasteiger partial charge in [-0.3, -0.25) is 9.59 Å². The molecule has 0 aromatic rings. The first-order valence-corrected chi connectivity index (χ1v) is 7.57. The van der Waals surface area contributed by atoms with E-state index in [4.69, 9.17) is 9.47 Å². The Morgan fingerprint density at radius 2 is 2.15 bits per heavy atom. The molecule has 0 aliphatic heterocycles. The summed E-state index contributed by atoms with van der Waals surface area (Å²) < 4.78 is 9.94. The first-order chi connectivity index (χ1) is 9.63. The molecular formula is C16H26O4. The summed E-state index contributed by atoms with van der Waals surface area (Å²) in [6, 6.07) is 0. The van der Waals surface area contributed by atoms with Gasteiger partial charge in [0.25, 0.3) is 0 Å². The first-order valence-electron chi connectivity index (χ1n) is 7.57. The number of carbonyl (C=O) groups excluding carboxylic acids is 2. The van der Waals surface area contributed by atoms with E-state index in [0.29, 0.717) is 13.0 Å². The van der Waals surface area contributed by atoms with E-state index in [0.717, 1.165) is 37.7 Å². The molecule has 2 unspecified atom stereocenters. The summed E-state index contributed by atoms with van der Waals surface area (Å²) >= 11 is 0. The summed E-state index contributed by atoms with van der Waals surface area (Å²) in [5, 5.41) is 0. The molecule has 0 radical (unpaired) electrons. The van der Waals surface area contributed by atoms with Gasteiger partial charge in [-0.25, -0.2) is 0 Å². The zero-order valence-corrected chi connectivity index (χ0v) is 12.8. The van der Waals surface area contributed by atoms with Crippen molar-refractivity contribution in [2.75, 3.05) is 13.7 Å². The van der Waals surface area contributed by atoms with Crippen LogP contribution in [0.5, 0.6) is 0 Å². The normalized spacial score (nSPS) is 19.4. The number of carbonyl (C=O) groups is 2. The Balaban J connectivity index is 2.72. The number of hydrogen-bond acceptors (Lipinski definition) is 4. The van der Waals surface area contributed by atoms with Crippen molar-refractivity contribution < 1.29 is 19.1 Å². The summed E-state index contributed by atoms with van der Waals surface area (Å²) in [7, 11) is 1.43. The maximum atomic E-state index is 12.0. The van der Waals surface area contributed by atoms with Gasteiger partial charge in [-0.05, 0) is 32.1 Å². The fourth-order valence-electron chi connectivity index (χ4n) is 2.82. The average molecular weight is 282 g/mol. The molecule has 0 aromatic carbocycles. The van der Waals surface area contributed by atoms with Crippen molar-refractivity contribution in [1.82, 2.24) is 0 Å². The fourth-order valence-corrected chi connectivity index (χ4v) is 2.82. The van der Waals surface area contributed by atoms with Gasteiger partial charge in [-0.2, -0.15) is 0 Å². The molecule has 114 valence electrons. The van der Waals surface area contributed by atoms with Crippen molar-refractivity contribution in [3.05, 3.63) is 11.6 Å². The largest absolute Gasteiger partial charge is 0.469 e. The number of methoxy groups -OCH3 is 1. The Hall–Kier alpha value is -1.32. The summed E-state index contributed by atoms with van der Waals surface area (Å²) in [4.78, 5) is 23.6. The molecule has 1 aliphatic rings. The number of rotatable bonds is 8. The molecule has 0 fully saturated rings. The van der Waals surface area contributed by atoms with Gasteiger partial charge in [-0.15, -0.1) is 0 Å². The predicted octanol–water partition coefficient (Wildman–Crippen LogP) is 3.26. The van der Waals surface area contributed by atoms with Crippen LogP contribution in [-0.2, 0) is 19.1 Å². The second-order valence-corrected chi connectivity index (χ2v) is 5.21. The summed E-state index contributed by atoms with van der Waals surface area (Å²) in [5.74, 6) is -0.415. The highest BCUT2D eigenvalue weighted by Crippen LogP contribution is 2.36. The van der Waals surface area contributed by atoms with Crippen LogP contribution >= 0.6 is 0 Å². The molecule has 0 heterocycles. The molecule has 20 heavy (non-hydrogen) atoms. The molecule has 0 aromatic heterocycles. The van der Waals surface area contributed by atoms with Crippen molar-refractivity contribution in [1.29, 1.82) is 0 Å². The molecule has 4 nitrogen and oxygen atoms in total. The highest BCUT2D eigenvalue weighted by atomic mass is 16.5. The van der Waals surface area contributed by atoms with Crippen LogP contribution in [0.1, 0.15) is 52.4 Å². The van der Waals surface area contributed by atoms with Crippen LogP contribution in [-0.4, -0.2) is 25.7 Å². The maximum absolute atomic E-state index is 12.0. The molecule has 0 saturated heterocycles. The monoisotopic (exact) mass is 282 g/mol. The lowest BCUT2D eigenvalue weighted by Crippen LogP contribution is -2.23. The quantitative estimate of drug-likeness (QED) is 0.506. The summed E-state index contributed by atoms with van der Waals surface area (Å²) in [6.07, 6.45) is 7.17. The molecule has 0 bridgehead atoms. The molecule has 0 spiro atoms. The number of unbranched alkanes of at least 4 members (excludes halogenated alkanes) is 1. The lowest BCUT2D eigenvalue weighted by molar-refractivity contribution is -0.146. The Bertz CT molecular complexity index is 359. The molecule has 0 saturated carbocycles. The van der Waals surface area contributed by atoms with Crippen LogP contribution in [0.15, 0.2) is 11.6 Å². The van der Waals surface area contributed by atoms with Crippen molar-refractivity contribution in [2.45, 2.75) is 52.4 Å². The van der Waals surface area contributed by atoms with Gasteiger partial charge in [0.2, 0.25) is 0 Å². The van der Waals surface area contributed by atoms with Crippen molar-refractivity contribution in [3.63, 3.8) is 0 Å². The minimum absolute atomic E-state index is 0.134. The minimum atomic E-state index is -0.193. The van der Waals surface area contributed by atoms with E-state index >= 15 is 0 Å². The van der Waals surface area contributed by atoms with E-state index < -0.39 is 0 Å². The van der Waals surface area contributed by atoms with Crippen molar-refractivity contribution in [2.24, 2.45) is 11.8 Å². The van der Waals surface area contributed by atoms with Gasteiger partial charge in [0, 0.05) is 0 Å². The lowest BCUT2D eigenvalue weighted by atomic mass is 9.85. The molecule has 4 heteroatoms. The standard InChI is InChI=1S/C16H26O4/c1-4-6-9-14(16(18)19-3)13-10-7-8-12(13)11-15(17)20-5-2/h10,12,14H,4-9,11H2,1-3H3. The van der Waals surface area contributed by atoms with E-state index in [1.54, 1.807) is 0 Å². The van der Waals surface area contributed by atoms with E-state index in [9.17, 15) is 9.59 Å². The zero-order valence-electron chi connectivity index (χ0n) is 12.8. The number of hydrogen-bond donors (Lipinski definition) is 0. The lowest BCUT2D eigenvalue weighted by Gasteiger charge is -2.21. The first kappa shape index (κ1) is 16.7. The SMILES string of the molecule is CCCCC(C(=O)OC)C1=CCCC1CC(=O)OCC. The molecule has 1 rings (SSSR count). The van der Waals surface area contributed by atoms with Crippen LogP contribution in [0.25, 0.3) is 0 Å². The van der Waals surface area contributed by atoms with Crippen LogP contribution in [0.2, 0.25) is 0 Å². The van der Waals surface area contributed by atoms with E-state index in [-0.39, 0.29) is 23.8 Å². The number of ether oxygens (including phenoxy) is 2. The second-order valence-electron chi connectivity index (χ2n) is 5.21. The average Bonchev–Trinajstić information content (AvgIpc) is 2.87. The fraction of sp³-hybridized carbons (Fsp3) is 0.750. The van der Waals surface area contributed by atoms with Gasteiger partial charge in [-0.1, -0.05) is 31.4 Å². The van der Waals surface area contributed by atoms with Gasteiger partial charge in [0.1, 0.15) is 0 Å². The van der Waals surface area contributed by atoms with Gasteiger partial charge >= 0.3 is 11.9 Å². The molecule has 0 N–H and O–H groups in total. The maximum Gasteiger partial charge on any atom is 0.312 e. The smallest absolute Gasteiger partial charge is 0.312 e. The highest BCUT2D eigenvalue weighted by Gasteiger charge is 2.32. The van der Waals surface area contributed by atoms with Crippen LogP contribution in [0.3, 0.4) is 0 Å². The van der Waals surface area contributed by atoms with Crippen LogP contribution < -0.4 is 0 Å². The number of esters is 2. The molecule has 2 atom stereocenters. The Kier molecular flexibility index (Phi) is 7.34. The van der Waals surface area contributed by atoms with E-state index in [1.165, 1.54) is 7.11 Å². The second kappa shape index (κ2) is 8.77. The van der Waals surface area contributed by atoms with Gasteiger partial charge in [0.05, 0.1) is 26.1 Å². The highest BCUT2D eigenvalue weighted by molar-refractivity contribution is 5.77. The number of allylic oxidation sites excluding steroid dienone is 1. The third kappa shape index (κ3) is 4.66. The Morgan fingerprint density at radius 1 is 1.40 bits per heavy atom. The topological polar surface area (TPSA) is 52.6 Å². The zero-order chi connectivity index (χ0) is 15.0. The Morgan fingerprint density at radius 3 is 2.75 bits per heavy atom. The predicted molar refractivity (Wildman–Crippen MR) is 77.1 cm³/mol. The Labute approximate surface area is 121 Å². The summed E-state index contributed by atoms with van der Waals surface area (Å²) in [6.45, 7) is 4.32. The molecule has 1 aliphatic carbocycles. The van der Waals surface area contributed by atoms with Crippen LogP contribution in [0, 0.1) is 11.8 Å². The molecular weight excluding hydrogens is 256 g/mol. The summed E-state index contributed by atoms with van der Waals surface area (Å²) in [5.41, 5.74) is 1.08. The van der Waals surface area contributed by atoms with Crippen LogP contribution in [0.4, 0.5) is 0 Å². The minimum Gasteiger partial charge on any atom is -0.469 e. The van der Waals surface area contributed by atoms with E-state index in [1.807, 2.05) is 6.92 Å². The van der Waals surface area contributed by atoms with Crippen molar-refractivity contribution >= 4 is 11.9 Å².